The molecule has 4 rings (SSSR count). The number of amides is 2. The zero-order chi connectivity index (χ0) is 29.0. The average molecular weight is 574 g/mol. The van der Waals surface area contributed by atoms with E-state index in [0.717, 1.165) is 17.1 Å². The number of likely N-dealkylation sites (tertiary alicyclic amines) is 1. The molecule has 2 aromatic carbocycles. The van der Waals surface area contributed by atoms with E-state index >= 15 is 0 Å². The lowest BCUT2D eigenvalue weighted by atomic mass is 9.94. The first-order chi connectivity index (χ1) is 18.9. The number of carbonyl (C=O) groups is 3. The molecule has 1 aliphatic rings. The molecule has 1 aromatic heterocycles. The molecule has 0 radical (unpaired) electrons. The third-order valence-electron chi connectivity index (χ3n) is 6.88. The highest BCUT2D eigenvalue weighted by Crippen LogP contribution is 2.34. The topological polar surface area (TPSA) is 99.6 Å². The van der Waals surface area contributed by atoms with Crippen molar-refractivity contribution in [3.8, 4) is 11.1 Å². The minimum absolute atomic E-state index is 0.0479. The highest BCUT2D eigenvalue weighted by molar-refractivity contribution is 7.09. The van der Waals surface area contributed by atoms with Crippen molar-refractivity contribution < 1.29 is 32.7 Å². The van der Waals surface area contributed by atoms with E-state index in [4.69, 9.17) is 0 Å². The van der Waals surface area contributed by atoms with E-state index in [1.807, 2.05) is 13.8 Å². The Morgan fingerprint density at radius 2 is 1.73 bits per heavy atom. The summed E-state index contributed by atoms with van der Waals surface area (Å²) in [5.74, 6) is -1.66. The zero-order valence-electron chi connectivity index (χ0n) is 22.1. The van der Waals surface area contributed by atoms with Crippen LogP contribution >= 0.6 is 11.3 Å². The Morgan fingerprint density at radius 1 is 1.07 bits per heavy atom. The summed E-state index contributed by atoms with van der Waals surface area (Å²) >= 11 is 1.34. The molecule has 40 heavy (non-hydrogen) atoms. The largest absolute Gasteiger partial charge is 0.480 e. The molecule has 212 valence electrons. The maximum Gasteiger partial charge on any atom is 0.416 e. The highest BCUT2D eigenvalue weighted by Gasteiger charge is 2.31. The summed E-state index contributed by atoms with van der Waals surface area (Å²) in [5, 5.41) is 14.3. The summed E-state index contributed by atoms with van der Waals surface area (Å²) in [7, 11) is 0. The normalized spacial score (nSPS) is 15.2. The molecule has 1 saturated heterocycles. The maximum absolute atomic E-state index is 13.4. The van der Waals surface area contributed by atoms with Crippen molar-refractivity contribution in [1.29, 1.82) is 0 Å². The van der Waals surface area contributed by atoms with Crippen LogP contribution in [-0.4, -0.2) is 51.9 Å². The standard InChI is InChI=1S/C29H30F3N3O4S/c1-17(2)15-23(28(38)39)33-25(36)24-16-40-26(34-24)19-11-13-35(14-12-19)27(37)22-6-4-3-5-21(22)18-7-9-20(10-8-18)29(30,31)32/h3-10,16-17,19,23H,11-15H2,1-2H3,(H,33,36)(H,38,39). The molecule has 2 amide bonds. The number of hydrogen-bond donors (Lipinski definition) is 2. The van der Waals surface area contributed by atoms with Gasteiger partial charge in [0.25, 0.3) is 11.8 Å². The van der Waals surface area contributed by atoms with Crippen molar-refractivity contribution in [3.63, 3.8) is 0 Å². The molecule has 11 heteroatoms. The minimum Gasteiger partial charge on any atom is -0.480 e. The van der Waals surface area contributed by atoms with Crippen LogP contribution in [0.3, 0.4) is 0 Å². The molecule has 0 bridgehead atoms. The number of alkyl halides is 3. The van der Waals surface area contributed by atoms with Gasteiger partial charge < -0.3 is 15.3 Å². The van der Waals surface area contributed by atoms with E-state index in [2.05, 4.69) is 10.3 Å². The van der Waals surface area contributed by atoms with Gasteiger partial charge in [-0.05, 0) is 54.5 Å². The Hall–Kier alpha value is -3.73. The number of nitrogens with one attached hydrogen (secondary N) is 1. The Labute approximate surface area is 234 Å². The van der Waals surface area contributed by atoms with Gasteiger partial charge in [-0.1, -0.05) is 44.2 Å². The van der Waals surface area contributed by atoms with Gasteiger partial charge in [0.1, 0.15) is 11.7 Å². The summed E-state index contributed by atoms with van der Waals surface area (Å²) in [4.78, 5) is 43.7. The van der Waals surface area contributed by atoms with E-state index in [9.17, 15) is 32.7 Å². The molecule has 7 nitrogen and oxygen atoms in total. The molecule has 0 saturated carbocycles. The van der Waals surface area contributed by atoms with Crippen LogP contribution in [-0.2, 0) is 11.0 Å². The lowest BCUT2D eigenvalue weighted by Gasteiger charge is -2.31. The van der Waals surface area contributed by atoms with Crippen LogP contribution in [0.15, 0.2) is 53.9 Å². The van der Waals surface area contributed by atoms with Gasteiger partial charge in [-0.15, -0.1) is 11.3 Å². The Bertz CT molecular complexity index is 1360. The maximum atomic E-state index is 13.4. The van der Waals surface area contributed by atoms with Gasteiger partial charge in [-0.2, -0.15) is 13.2 Å². The predicted molar refractivity (Wildman–Crippen MR) is 145 cm³/mol. The number of aliphatic carboxylic acids is 1. The highest BCUT2D eigenvalue weighted by atomic mass is 32.1. The molecule has 1 unspecified atom stereocenters. The molecular formula is C29H30F3N3O4S. The van der Waals surface area contributed by atoms with E-state index in [1.165, 1.54) is 23.5 Å². The van der Waals surface area contributed by atoms with E-state index < -0.39 is 29.7 Å². The number of nitrogens with zero attached hydrogens (tertiary/aromatic N) is 2. The number of carbonyl (C=O) groups excluding carboxylic acids is 2. The van der Waals surface area contributed by atoms with Crippen molar-refractivity contribution in [2.24, 2.45) is 5.92 Å². The SMILES string of the molecule is CC(C)CC(NC(=O)c1csc(C2CCN(C(=O)c3ccccc3-c3ccc(C(F)(F)F)cc3)CC2)n1)C(=O)O. The number of thiazole rings is 1. The van der Waals surface area contributed by atoms with Crippen LogP contribution < -0.4 is 5.32 Å². The van der Waals surface area contributed by atoms with Crippen LogP contribution in [0.25, 0.3) is 11.1 Å². The number of benzene rings is 2. The smallest absolute Gasteiger partial charge is 0.416 e. The van der Waals surface area contributed by atoms with Crippen molar-refractivity contribution >= 4 is 29.1 Å². The van der Waals surface area contributed by atoms with Crippen molar-refractivity contribution in [2.45, 2.75) is 51.2 Å². The monoisotopic (exact) mass is 573 g/mol. The second-order valence-corrected chi connectivity index (χ2v) is 11.1. The van der Waals surface area contributed by atoms with Gasteiger partial charge in [0.15, 0.2) is 0 Å². The van der Waals surface area contributed by atoms with Crippen LogP contribution in [0.5, 0.6) is 0 Å². The molecule has 1 aliphatic heterocycles. The van der Waals surface area contributed by atoms with Gasteiger partial charge in [-0.3, -0.25) is 9.59 Å². The lowest BCUT2D eigenvalue weighted by molar-refractivity contribution is -0.140. The number of aromatic nitrogens is 1. The number of rotatable bonds is 8. The molecular weight excluding hydrogens is 543 g/mol. The fraction of sp³-hybridized carbons (Fsp3) is 0.379. The molecule has 0 spiro atoms. The third kappa shape index (κ3) is 6.88. The summed E-state index contributed by atoms with van der Waals surface area (Å²) in [6, 6.07) is 10.7. The van der Waals surface area contributed by atoms with Gasteiger partial charge in [-0.25, -0.2) is 9.78 Å². The van der Waals surface area contributed by atoms with Crippen molar-refractivity contribution in [3.05, 3.63) is 75.7 Å². The van der Waals surface area contributed by atoms with Crippen LogP contribution in [0.1, 0.15) is 70.4 Å². The molecule has 2 heterocycles. The molecule has 3 aromatic rings. The van der Waals surface area contributed by atoms with Crippen molar-refractivity contribution in [2.75, 3.05) is 13.1 Å². The van der Waals surface area contributed by atoms with E-state index in [0.29, 0.717) is 49.0 Å². The quantitative estimate of drug-likeness (QED) is 0.340. The number of piperidine rings is 1. The molecule has 1 atom stereocenters. The Balaban J connectivity index is 1.40. The van der Waals surface area contributed by atoms with Gasteiger partial charge >= 0.3 is 12.1 Å². The van der Waals surface area contributed by atoms with E-state index in [-0.39, 0.29) is 23.4 Å². The van der Waals surface area contributed by atoms with Crippen LogP contribution in [0, 0.1) is 5.92 Å². The fourth-order valence-corrected chi connectivity index (χ4v) is 5.74. The zero-order valence-corrected chi connectivity index (χ0v) is 22.9. The Kier molecular flexibility index (Phi) is 8.92. The van der Waals surface area contributed by atoms with Crippen LogP contribution in [0.4, 0.5) is 13.2 Å². The predicted octanol–water partition coefficient (Wildman–Crippen LogP) is 6.08. The van der Waals surface area contributed by atoms with Crippen LogP contribution in [0.2, 0.25) is 0 Å². The molecule has 2 N–H and O–H groups in total. The third-order valence-corrected chi connectivity index (χ3v) is 7.88. The summed E-state index contributed by atoms with van der Waals surface area (Å²) in [6.45, 7) is 4.68. The first-order valence-electron chi connectivity index (χ1n) is 13.0. The van der Waals surface area contributed by atoms with Gasteiger partial charge in [0.05, 0.1) is 10.6 Å². The molecule has 0 aliphatic carbocycles. The summed E-state index contributed by atoms with van der Waals surface area (Å²) in [6.07, 6.45) is -2.86. The Morgan fingerprint density at radius 3 is 2.33 bits per heavy atom. The number of carboxylic acids is 1. The number of halogens is 3. The van der Waals surface area contributed by atoms with Gasteiger partial charge in [0, 0.05) is 30.0 Å². The summed E-state index contributed by atoms with van der Waals surface area (Å²) < 4.78 is 38.9. The number of hydrogen-bond acceptors (Lipinski definition) is 5. The van der Waals surface area contributed by atoms with Crippen molar-refractivity contribution in [1.82, 2.24) is 15.2 Å². The van der Waals surface area contributed by atoms with E-state index in [1.54, 1.807) is 34.5 Å². The van der Waals surface area contributed by atoms with Gasteiger partial charge in [0.2, 0.25) is 0 Å². The second-order valence-electron chi connectivity index (χ2n) is 10.3. The summed E-state index contributed by atoms with van der Waals surface area (Å²) in [5.41, 5.74) is 0.944. The first-order valence-corrected chi connectivity index (χ1v) is 13.9. The second kappa shape index (κ2) is 12.2. The molecule has 1 fully saturated rings. The minimum atomic E-state index is -4.44. The first kappa shape index (κ1) is 29.3. The lowest BCUT2D eigenvalue weighted by Crippen LogP contribution is -2.41. The number of carboxylic acid groups (broad SMARTS) is 1. The fourth-order valence-electron chi connectivity index (χ4n) is 4.76. The average Bonchev–Trinajstić information content (AvgIpc) is 3.42.